The van der Waals surface area contributed by atoms with Crippen LogP contribution in [0.2, 0.25) is 0 Å². The molecule has 0 saturated heterocycles. The first-order valence-corrected chi connectivity index (χ1v) is 25.9. The van der Waals surface area contributed by atoms with E-state index in [1.54, 1.807) is 0 Å². The average Bonchev–Trinajstić information content (AvgIpc) is 3.48. The van der Waals surface area contributed by atoms with Crippen LogP contribution in [-0.2, 0) is 32.5 Å². The highest BCUT2D eigenvalue weighted by Gasteiger charge is 2.49. The third-order valence-electron chi connectivity index (χ3n) is 17.5. The first-order valence-electron chi connectivity index (χ1n) is 25.9. The smallest absolute Gasteiger partial charge is 0.252 e. The van der Waals surface area contributed by atoms with Gasteiger partial charge in [0.2, 0.25) is 0 Å². The Morgan fingerprint density at radius 2 is 0.957 bits per heavy atom. The Morgan fingerprint density at radius 3 is 1.58 bits per heavy atom. The van der Waals surface area contributed by atoms with Crippen molar-refractivity contribution < 1.29 is 0 Å². The molecule has 0 radical (unpaired) electrons. The monoisotopic (exact) mass is 905 g/mol. The van der Waals surface area contributed by atoms with E-state index in [9.17, 15) is 0 Å². The van der Waals surface area contributed by atoms with Gasteiger partial charge in [-0.2, -0.15) is 0 Å². The second-order valence-electron chi connectivity index (χ2n) is 25.8. The third-order valence-corrected chi connectivity index (χ3v) is 17.5. The fraction of sp³-hybridized carbons (Fsp3) is 0.364. The summed E-state index contributed by atoms with van der Waals surface area (Å²) in [7, 11) is 0. The quantitative estimate of drug-likeness (QED) is 0.159. The van der Waals surface area contributed by atoms with Crippen molar-refractivity contribution >= 4 is 57.2 Å². The standard InChI is InChI=1S/C66H73BN2/c1-41-32-58-60-59(33-41)69(55-38-50-48(34-42(55)2)62(6,7)30-31-63(50,8)9)56-36-46(66(14,15)44-24-20-17-21-25-44)26-28-52(56)67(60)53-37-49-51(65(12,13)40-64(49,10)11)39-57(53)68(58)54-29-27-45(61(3,4)5)35-47(54)43-22-18-16-19-23-43/h16-29,32-39H,30-31,40H2,1-15H3. The Bertz CT molecular complexity index is 3230. The van der Waals surface area contributed by atoms with Crippen LogP contribution >= 0.6 is 0 Å². The van der Waals surface area contributed by atoms with Crippen molar-refractivity contribution in [2.24, 2.45) is 0 Å². The van der Waals surface area contributed by atoms with E-state index in [-0.39, 0.29) is 39.2 Å². The van der Waals surface area contributed by atoms with Gasteiger partial charge in [-0.15, -0.1) is 0 Å². The number of anilines is 6. The molecular formula is C66H73BN2. The molecule has 0 fully saturated rings. The van der Waals surface area contributed by atoms with Crippen LogP contribution in [0.1, 0.15) is 159 Å². The summed E-state index contributed by atoms with van der Waals surface area (Å²) < 4.78 is 0. The Morgan fingerprint density at radius 1 is 0.435 bits per heavy atom. The zero-order valence-electron chi connectivity index (χ0n) is 44.3. The van der Waals surface area contributed by atoms with Crippen LogP contribution in [0.4, 0.5) is 34.1 Å². The lowest BCUT2D eigenvalue weighted by molar-refractivity contribution is 0.332. The van der Waals surface area contributed by atoms with Crippen LogP contribution in [0.25, 0.3) is 11.1 Å². The van der Waals surface area contributed by atoms with E-state index in [1.807, 2.05) is 0 Å². The molecule has 350 valence electrons. The van der Waals surface area contributed by atoms with E-state index in [1.165, 1.54) is 125 Å². The van der Waals surface area contributed by atoms with Crippen molar-refractivity contribution in [1.82, 2.24) is 0 Å². The highest BCUT2D eigenvalue weighted by atomic mass is 15.2. The number of hydrogen-bond donors (Lipinski definition) is 0. The molecule has 7 aromatic rings. The van der Waals surface area contributed by atoms with Crippen molar-refractivity contribution in [2.45, 2.75) is 156 Å². The first-order chi connectivity index (χ1) is 32.4. The molecule has 0 bridgehead atoms. The van der Waals surface area contributed by atoms with Gasteiger partial charge in [-0.3, -0.25) is 0 Å². The van der Waals surface area contributed by atoms with Gasteiger partial charge in [0.25, 0.3) is 6.71 Å². The maximum Gasteiger partial charge on any atom is 0.252 e. The predicted octanol–water partition coefficient (Wildman–Crippen LogP) is 16.0. The normalized spacial score (nSPS) is 18.0. The van der Waals surface area contributed by atoms with E-state index < -0.39 is 0 Å². The zero-order chi connectivity index (χ0) is 49.0. The van der Waals surface area contributed by atoms with Crippen molar-refractivity contribution in [3.63, 3.8) is 0 Å². The Hall–Kier alpha value is -5.80. The molecule has 0 saturated carbocycles. The molecule has 0 aromatic heterocycles. The van der Waals surface area contributed by atoms with Crippen molar-refractivity contribution in [3.8, 4) is 11.1 Å². The molecule has 0 spiro atoms. The molecule has 0 atom stereocenters. The molecule has 2 aliphatic carbocycles. The van der Waals surface area contributed by atoms with Crippen LogP contribution in [0.3, 0.4) is 0 Å². The molecule has 7 aromatic carbocycles. The number of hydrogen-bond acceptors (Lipinski definition) is 2. The van der Waals surface area contributed by atoms with Gasteiger partial charge in [0.15, 0.2) is 0 Å². The summed E-state index contributed by atoms with van der Waals surface area (Å²) in [5.74, 6) is 0. The van der Waals surface area contributed by atoms with Gasteiger partial charge >= 0.3 is 0 Å². The number of benzene rings is 7. The van der Waals surface area contributed by atoms with Crippen LogP contribution in [0, 0.1) is 13.8 Å². The molecule has 3 heteroatoms. The minimum atomic E-state index is -0.221. The van der Waals surface area contributed by atoms with Crippen LogP contribution in [0.15, 0.2) is 133 Å². The number of rotatable bonds is 5. The Balaban J connectivity index is 1.27. The number of nitrogens with zero attached hydrogens (tertiary/aromatic N) is 2. The third kappa shape index (κ3) is 7.02. The van der Waals surface area contributed by atoms with Crippen LogP contribution in [-0.4, -0.2) is 6.71 Å². The molecule has 0 N–H and O–H groups in total. The summed E-state index contributed by atoms with van der Waals surface area (Å²) in [5, 5.41) is 0. The average molecular weight is 905 g/mol. The van der Waals surface area contributed by atoms with Gasteiger partial charge in [-0.25, -0.2) is 0 Å². The summed E-state index contributed by atoms with van der Waals surface area (Å²) in [6.07, 6.45) is 3.48. The predicted molar refractivity (Wildman–Crippen MR) is 299 cm³/mol. The lowest BCUT2D eigenvalue weighted by Crippen LogP contribution is -2.61. The largest absolute Gasteiger partial charge is 0.311 e. The maximum absolute atomic E-state index is 2.71. The maximum atomic E-state index is 2.71. The van der Waals surface area contributed by atoms with Crippen molar-refractivity contribution in [1.29, 1.82) is 0 Å². The number of fused-ring (bicyclic) bond motifs is 6. The molecule has 2 heterocycles. The molecule has 69 heavy (non-hydrogen) atoms. The van der Waals surface area contributed by atoms with E-state index >= 15 is 0 Å². The molecule has 0 unspecified atom stereocenters. The summed E-state index contributed by atoms with van der Waals surface area (Å²) in [4.78, 5) is 5.40. The molecule has 0 amide bonds. The van der Waals surface area contributed by atoms with Crippen LogP contribution in [0.5, 0.6) is 0 Å². The van der Waals surface area contributed by atoms with E-state index in [4.69, 9.17) is 0 Å². The van der Waals surface area contributed by atoms with Gasteiger partial charge < -0.3 is 9.80 Å². The van der Waals surface area contributed by atoms with Gasteiger partial charge in [-0.1, -0.05) is 181 Å². The first kappa shape index (κ1) is 45.6. The second kappa shape index (κ2) is 15.1. The molecular weight excluding hydrogens is 832 g/mol. The van der Waals surface area contributed by atoms with Gasteiger partial charge in [0, 0.05) is 39.4 Å². The van der Waals surface area contributed by atoms with Crippen molar-refractivity contribution in [3.05, 3.63) is 184 Å². The van der Waals surface area contributed by atoms with Gasteiger partial charge in [-0.05, 0) is 175 Å². The molecule has 2 nitrogen and oxygen atoms in total. The fourth-order valence-electron chi connectivity index (χ4n) is 13.5. The summed E-state index contributed by atoms with van der Waals surface area (Å²) >= 11 is 0. The molecule has 11 rings (SSSR count). The van der Waals surface area contributed by atoms with Gasteiger partial charge in [0.1, 0.15) is 0 Å². The van der Waals surface area contributed by atoms with E-state index in [0.29, 0.717) is 0 Å². The second-order valence-corrected chi connectivity index (χ2v) is 25.8. The van der Waals surface area contributed by atoms with Crippen LogP contribution < -0.4 is 26.2 Å². The Labute approximate surface area is 415 Å². The summed E-state index contributed by atoms with van der Waals surface area (Å²) in [6, 6.07) is 52.6. The summed E-state index contributed by atoms with van der Waals surface area (Å²) in [6.45, 7) is 36.3. The zero-order valence-corrected chi connectivity index (χ0v) is 44.3. The van der Waals surface area contributed by atoms with Crippen molar-refractivity contribution in [2.75, 3.05) is 9.80 Å². The fourth-order valence-corrected chi connectivity index (χ4v) is 13.5. The lowest BCUT2D eigenvalue weighted by Gasteiger charge is -2.47. The molecule has 4 aliphatic rings. The van der Waals surface area contributed by atoms with E-state index in [0.717, 1.165) is 6.42 Å². The minimum absolute atomic E-state index is 0.0133. The number of aryl methyl sites for hydroxylation is 2. The highest BCUT2D eigenvalue weighted by molar-refractivity contribution is 7.00. The SMILES string of the molecule is Cc1cc2c3c(c1)N(c1ccc(C(C)(C)C)cc1-c1ccccc1)c1cc4c(cc1B3c1ccc(C(C)(C)c3ccccc3)cc1N2c1cc2c(cc1C)C(C)(C)CCC2(C)C)C(C)(C)CC4(C)C. The van der Waals surface area contributed by atoms with E-state index in [2.05, 4.69) is 247 Å². The molecule has 2 aliphatic heterocycles. The minimum Gasteiger partial charge on any atom is -0.311 e. The highest BCUT2D eigenvalue weighted by Crippen LogP contribution is 2.55. The lowest BCUT2D eigenvalue weighted by atomic mass is 9.33. The van der Waals surface area contributed by atoms with Gasteiger partial charge in [0.05, 0.1) is 5.69 Å². The topological polar surface area (TPSA) is 6.48 Å². The Kier molecular flexibility index (Phi) is 9.99. The summed E-state index contributed by atoms with van der Waals surface area (Å²) in [5.41, 5.74) is 26.9.